The highest BCUT2D eigenvalue weighted by atomic mass is 16.2. The zero-order valence-electron chi connectivity index (χ0n) is 17.5. The highest BCUT2D eigenvalue weighted by molar-refractivity contribution is 6.00. The van der Waals surface area contributed by atoms with Crippen molar-refractivity contribution in [1.82, 2.24) is 4.90 Å². The number of likely N-dealkylation sites (N-methyl/N-ethyl adjacent to an activating group) is 1. The molecule has 1 saturated heterocycles. The second-order valence-corrected chi connectivity index (χ2v) is 7.46. The molecular formula is C24H31N3O2. The van der Waals surface area contributed by atoms with E-state index in [9.17, 15) is 9.59 Å². The summed E-state index contributed by atoms with van der Waals surface area (Å²) in [6.07, 6.45) is 1.35. The van der Waals surface area contributed by atoms with Crippen molar-refractivity contribution in [3.05, 3.63) is 59.7 Å². The molecule has 154 valence electrons. The smallest absolute Gasteiger partial charge is 0.224 e. The minimum atomic E-state index is -0.122. The van der Waals surface area contributed by atoms with E-state index in [0.29, 0.717) is 5.56 Å². The van der Waals surface area contributed by atoms with Crippen LogP contribution in [0.3, 0.4) is 0 Å². The zero-order chi connectivity index (χ0) is 20.6. The molecule has 1 aliphatic rings. The summed E-state index contributed by atoms with van der Waals surface area (Å²) >= 11 is 0. The average Bonchev–Trinajstić information content (AvgIpc) is 2.78. The van der Waals surface area contributed by atoms with Gasteiger partial charge in [0.2, 0.25) is 5.91 Å². The molecule has 1 heterocycles. The van der Waals surface area contributed by atoms with E-state index in [1.54, 1.807) is 0 Å². The molecule has 0 bridgehead atoms. The summed E-state index contributed by atoms with van der Waals surface area (Å²) in [4.78, 5) is 29.6. The van der Waals surface area contributed by atoms with Crippen LogP contribution in [-0.4, -0.2) is 49.3 Å². The standard InChI is InChI=1S/C24H31N3O2/c1-3-19-9-11-20(12-10-19)23(28)13-14-24(29)25-21-7-5-6-8-22(21)27-17-15-26(4-2)16-18-27/h5-12H,3-4,13-18H2,1-2H3,(H,25,29). The summed E-state index contributed by atoms with van der Waals surface area (Å²) in [6.45, 7) is 9.31. The van der Waals surface area contributed by atoms with Crippen LogP contribution in [0.4, 0.5) is 11.4 Å². The van der Waals surface area contributed by atoms with Gasteiger partial charge in [0, 0.05) is 44.6 Å². The van der Waals surface area contributed by atoms with Crippen molar-refractivity contribution < 1.29 is 9.59 Å². The number of nitrogens with one attached hydrogen (secondary N) is 1. The van der Waals surface area contributed by atoms with E-state index in [1.165, 1.54) is 5.56 Å². The highest BCUT2D eigenvalue weighted by Crippen LogP contribution is 2.27. The number of aryl methyl sites for hydroxylation is 1. The molecule has 2 aromatic rings. The topological polar surface area (TPSA) is 52.7 Å². The first kappa shape index (κ1) is 21.1. The van der Waals surface area contributed by atoms with Gasteiger partial charge in [-0.15, -0.1) is 0 Å². The van der Waals surface area contributed by atoms with Crippen molar-refractivity contribution in [2.75, 3.05) is 42.9 Å². The number of hydrogen-bond donors (Lipinski definition) is 1. The van der Waals surface area contributed by atoms with Crippen LogP contribution < -0.4 is 10.2 Å². The Kier molecular flexibility index (Phi) is 7.42. The molecule has 3 rings (SSSR count). The third kappa shape index (κ3) is 5.67. The summed E-state index contributed by atoms with van der Waals surface area (Å²) in [5, 5.41) is 3.01. The van der Waals surface area contributed by atoms with Gasteiger partial charge in [-0.25, -0.2) is 0 Å². The van der Waals surface area contributed by atoms with Crippen molar-refractivity contribution in [1.29, 1.82) is 0 Å². The number of rotatable bonds is 8. The molecule has 2 aromatic carbocycles. The Labute approximate surface area is 173 Å². The second kappa shape index (κ2) is 10.2. The monoisotopic (exact) mass is 393 g/mol. The zero-order valence-corrected chi connectivity index (χ0v) is 17.5. The first-order chi connectivity index (χ1) is 14.1. The quantitative estimate of drug-likeness (QED) is 0.689. The summed E-state index contributed by atoms with van der Waals surface area (Å²) in [5.74, 6) is -0.116. The minimum Gasteiger partial charge on any atom is -0.367 e. The Morgan fingerprint density at radius 2 is 1.59 bits per heavy atom. The molecule has 1 fully saturated rings. The number of ketones is 1. The highest BCUT2D eigenvalue weighted by Gasteiger charge is 2.19. The Hall–Kier alpha value is -2.66. The molecule has 1 aliphatic heterocycles. The Morgan fingerprint density at radius 1 is 0.897 bits per heavy atom. The van der Waals surface area contributed by atoms with Crippen molar-refractivity contribution in [3.63, 3.8) is 0 Å². The number of para-hydroxylation sites is 2. The van der Waals surface area contributed by atoms with Crippen LogP contribution in [0.2, 0.25) is 0 Å². The van der Waals surface area contributed by atoms with Gasteiger partial charge < -0.3 is 15.1 Å². The predicted molar refractivity (Wildman–Crippen MR) is 119 cm³/mol. The molecule has 0 aromatic heterocycles. The molecule has 1 N–H and O–H groups in total. The lowest BCUT2D eigenvalue weighted by Crippen LogP contribution is -2.46. The van der Waals surface area contributed by atoms with Gasteiger partial charge in [0.05, 0.1) is 11.4 Å². The lowest BCUT2D eigenvalue weighted by molar-refractivity contribution is -0.116. The van der Waals surface area contributed by atoms with Gasteiger partial charge in [-0.05, 0) is 30.7 Å². The summed E-state index contributed by atoms with van der Waals surface area (Å²) < 4.78 is 0. The Morgan fingerprint density at radius 3 is 2.24 bits per heavy atom. The SMILES string of the molecule is CCc1ccc(C(=O)CCC(=O)Nc2ccccc2N2CCN(CC)CC2)cc1. The third-order valence-corrected chi connectivity index (χ3v) is 5.60. The van der Waals surface area contributed by atoms with Gasteiger partial charge in [0.25, 0.3) is 0 Å². The number of Topliss-reactive ketones (excluding diaryl/α,β-unsaturated/α-hetero) is 1. The van der Waals surface area contributed by atoms with E-state index in [4.69, 9.17) is 0 Å². The van der Waals surface area contributed by atoms with Crippen LogP contribution in [0.1, 0.15) is 42.6 Å². The number of benzene rings is 2. The summed E-state index contributed by atoms with van der Waals surface area (Å²) in [7, 11) is 0. The van der Waals surface area contributed by atoms with Crippen molar-refractivity contribution in [2.45, 2.75) is 33.1 Å². The van der Waals surface area contributed by atoms with Gasteiger partial charge >= 0.3 is 0 Å². The van der Waals surface area contributed by atoms with Gasteiger partial charge in [-0.2, -0.15) is 0 Å². The van der Waals surface area contributed by atoms with Gasteiger partial charge in [0.15, 0.2) is 5.78 Å². The van der Waals surface area contributed by atoms with Gasteiger partial charge in [-0.3, -0.25) is 9.59 Å². The molecular weight excluding hydrogens is 362 g/mol. The first-order valence-electron chi connectivity index (χ1n) is 10.6. The van der Waals surface area contributed by atoms with Crippen LogP contribution in [0.5, 0.6) is 0 Å². The lowest BCUT2D eigenvalue weighted by atomic mass is 10.0. The largest absolute Gasteiger partial charge is 0.367 e. The maximum absolute atomic E-state index is 12.5. The average molecular weight is 394 g/mol. The molecule has 1 amide bonds. The Balaban J connectivity index is 1.56. The van der Waals surface area contributed by atoms with Crippen LogP contribution in [0.15, 0.2) is 48.5 Å². The molecule has 5 heteroatoms. The first-order valence-corrected chi connectivity index (χ1v) is 10.6. The number of carbonyl (C=O) groups excluding carboxylic acids is 2. The van der Waals surface area contributed by atoms with Crippen LogP contribution in [-0.2, 0) is 11.2 Å². The van der Waals surface area contributed by atoms with Gasteiger partial charge in [0.1, 0.15) is 0 Å². The number of amides is 1. The molecule has 0 unspecified atom stereocenters. The van der Waals surface area contributed by atoms with Crippen molar-refractivity contribution >= 4 is 23.1 Å². The van der Waals surface area contributed by atoms with Crippen molar-refractivity contribution in [2.24, 2.45) is 0 Å². The number of anilines is 2. The number of carbonyl (C=O) groups is 2. The maximum Gasteiger partial charge on any atom is 0.224 e. The molecule has 0 aliphatic carbocycles. The van der Waals surface area contributed by atoms with Crippen LogP contribution in [0.25, 0.3) is 0 Å². The van der Waals surface area contributed by atoms with Gasteiger partial charge in [-0.1, -0.05) is 50.2 Å². The number of hydrogen-bond acceptors (Lipinski definition) is 4. The van der Waals surface area contributed by atoms with E-state index in [-0.39, 0.29) is 24.5 Å². The maximum atomic E-state index is 12.5. The lowest BCUT2D eigenvalue weighted by Gasteiger charge is -2.36. The predicted octanol–water partition coefficient (Wildman–Crippen LogP) is 3.99. The molecule has 0 atom stereocenters. The molecule has 0 saturated carbocycles. The van der Waals surface area contributed by atoms with E-state index >= 15 is 0 Å². The summed E-state index contributed by atoms with van der Waals surface area (Å²) in [5.41, 5.74) is 3.75. The molecule has 0 spiro atoms. The van der Waals surface area contributed by atoms with E-state index in [0.717, 1.165) is 50.5 Å². The van der Waals surface area contributed by atoms with Crippen LogP contribution in [0, 0.1) is 0 Å². The normalized spacial score (nSPS) is 14.6. The van der Waals surface area contributed by atoms with E-state index in [2.05, 4.69) is 35.0 Å². The molecule has 29 heavy (non-hydrogen) atoms. The fourth-order valence-electron chi connectivity index (χ4n) is 3.67. The number of nitrogens with zero attached hydrogens (tertiary/aromatic N) is 2. The number of piperazine rings is 1. The summed E-state index contributed by atoms with van der Waals surface area (Å²) in [6, 6.07) is 15.6. The fourth-order valence-corrected chi connectivity index (χ4v) is 3.67. The molecule has 5 nitrogen and oxygen atoms in total. The van der Waals surface area contributed by atoms with Crippen LogP contribution >= 0.6 is 0 Å². The van der Waals surface area contributed by atoms with E-state index in [1.807, 2.05) is 42.5 Å². The second-order valence-electron chi connectivity index (χ2n) is 7.46. The fraction of sp³-hybridized carbons (Fsp3) is 0.417. The third-order valence-electron chi connectivity index (χ3n) is 5.60. The van der Waals surface area contributed by atoms with E-state index < -0.39 is 0 Å². The molecule has 0 radical (unpaired) electrons. The Bertz CT molecular complexity index is 824. The minimum absolute atomic E-state index is 0.00627. The van der Waals surface area contributed by atoms with Crippen molar-refractivity contribution in [3.8, 4) is 0 Å².